The molecule has 0 bridgehead atoms. The van der Waals surface area contributed by atoms with Crippen LogP contribution in [0.15, 0.2) is 78.3 Å². The minimum absolute atomic E-state index is 0.00892. The Morgan fingerprint density at radius 2 is 1.81 bits per heavy atom. The number of pyridine rings is 1. The van der Waals surface area contributed by atoms with Gasteiger partial charge in [-0.25, -0.2) is 22.5 Å². The summed E-state index contributed by atoms with van der Waals surface area (Å²) in [6.07, 6.45) is 11.8. The number of nitrogens with one attached hydrogen (secondary N) is 3. The highest BCUT2D eigenvalue weighted by Gasteiger charge is 2.50. The number of hydrogen-bond donors (Lipinski definition) is 4. The summed E-state index contributed by atoms with van der Waals surface area (Å²) in [7, 11) is -4.74. The zero-order valence-electron chi connectivity index (χ0n) is 39.3. The van der Waals surface area contributed by atoms with Gasteiger partial charge in [-0.2, -0.15) is 0 Å². The molecule has 5 heterocycles. The summed E-state index contributed by atoms with van der Waals surface area (Å²) >= 11 is 0. The van der Waals surface area contributed by atoms with Crippen LogP contribution in [0.2, 0.25) is 0 Å². The van der Waals surface area contributed by atoms with E-state index in [2.05, 4.69) is 74.5 Å². The quantitative estimate of drug-likeness (QED) is 0.0685. The van der Waals surface area contributed by atoms with E-state index in [9.17, 15) is 32.8 Å². The van der Waals surface area contributed by atoms with Crippen LogP contribution in [0.25, 0.3) is 17.1 Å². The van der Waals surface area contributed by atoms with Crippen molar-refractivity contribution in [2.75, 3.05) is 36.5 Å². The number of rotatable bonds is 12. The lowest BCUT2D eigenvalue weighted by Crippen LogP contribution is -2.54. The van der Waals surface area contributed by atoms with Gasteiger partial charge in [0.05, 0.1) is 32.4 Å². The number of aromatic amines is 1. The summed E-state index contributed by atoms with van der Waals surface area (Å²) in [5.41, 5.74) is 3.05. The molecule has 364 valence electrons. The largest absolute Gasteiger partial charge is 0.489 e. The van der Waals surface area contributed by atoms with Gasteiger partial charge in [0.25, 0.3) is 21.6 Å². The summed E-state index contributed by atoms with van der Waals surface area (Å²) in [5.74, 6) is -1.02. The van der Waals surface area contributed by atoms with Gasteiger partial charge in [-0.3, -0.25) is 19.8 Å². The molecule has 0 radical (unpaired) electrons. The maximum atomic E-state index is 14.9. The maximum absolute atomic E-state index is 14.9. The second-order valence-corrected chi connectivity index (χ2v) is 22.2. The Morgan fingerprint density at radius 1 is 1.06 bits per heavy atom. The molecule has 10 rings (SSSR count). The molecule has 2 aliphatic carbocycles. The molecule has 1 spiro atoms. The number of nitro groups is 1. The molecule has 2 saturated carbocycles. The topological polar surface area (TPSA) is 192 Å². The number of carbonyl (C=O) groups excluding carboxylic acids is 1. The first-order valence-electron chi connectivity index (χ1n) is 24.2. The van der Waals surface area contributed by atoms with Crippen LogP contribution in [0, 0.1) is 27.3 Å². The van der Waals surface area contributed by atoms with E-state index < -0.39 is 42.9 Å². The molecule has 5 aliphatic rings. The Bertz CT molecular complexity index is 2930. The third-order valence-corrected chi connectivity index (χ3v) is 17.0. The molecule has 0 unspecified atom stereocenters. The molecule has 17 heteroatoms. The lowest BCUT2D eigenvalue weighted by molar-refractivity contribution is -0.384. The SMILES string of the molecule is C=Cc1nc2[nH]cc(F)c2cc1Oc1cc(N2CCC3(CC2)CC(N2CCC[C@H]2c2ccccc2C(C)C)C3)ccc1C(=O)NS(=O)(=O)c1cc2c(c([N+](=O)[O-])c1)N[C@@H]([C@H]1CC[C@](C)(O)CC1)CO2. The Hall–Kier alpha value is -6.04. The number of carbonyl (C=O) groups is 1. The molecule has 5 aromatic rings. The van der Waals surface area contributed by atoms with Gasteiger partial charge >= 0.3 is 0 Å². The zero-order valence-corrected chi connectivity index (χ0v) is 40.1. The minimum atomic E-state index is -4.74. The Labute approximate surface area is 401 Å². The van der Waals surface area contributed by atoms with Gasteiger partial charge in [-0.05, 0) is 130 Å². The normalized spacial score (nSPS) is 23.8. The first-order valence-corrected chi connectivity index (χ1v) is 25.7. The second kappa shape index (κ2) is 18.0. The predicted octanol–water partition coefficient (Wildman–Crippen LogP) is 9.99. The van der Waals surface area contributed by atoms with Gasteiger partial charge in [0.1, 0.15) is 29.5 Å². The van der Waals surface area contributed by atoms with Crippen molar-refractivity contribution in [3.8, 4) is 17.2 Å². The fourth-order valence-electron chi connectivity index (χ4n) is 11.8. The summed E-state index contributed by atoms with van der Waals surface area (Å²) in [6.45, 7) is 13.0. The van der Waals surface area contributed by atoms with E-state index >= 15 is 0 Å². The number of likely N-dealkylation sites (tertiary alicyclic amines) is 1. The number of fused-ring (bicyclic) bond motifs is 2. The maximum Gasteiger partial charge on any atom is 0.297 e. The van der Waals surface area contributed by atoms with E-state index in [4.69, 9.17) is 9.47 Å². The van der Waals surface area contributed by atoms with Crippen molar-refractivity contribution in [2.45, 2.75) is 120 Å². The fraction of sp³-hybridized carbons (Fsp3) is 0.462. The van der Waals surface area contributed by atoms with Crippen molar-refractivity contribution in [1.29, 1.82) is 0 Å². The van der Waals surface area contributed by atoms with Crippen molar-refractivity contribution in [3.05, 3.63) is 112 Å². The third kappa shape index (κ3) is 9.04. The van der Waals surface area contributed by atoms with Crippen molar-refractivity contribution < 1.29 is 37.1 Å². The highest BCUT2D eigenvalue weighted by Crippen LogP contribution is 2.54. The van der Waals surface area contributed by atoms with Gasteiger partial charge in [0.15, 0.2) is 17.2 Å². The number of anilines is 2. The molecule has 3 aromatic carbocycles. The number of hydrogen-bond acceptors (Lipinski definition) is 12. The van der Waals surface area contributed by atoms with Crippen molar-refractivity contribution in [1.82, 2.24) is 19.6 Å². The van der Waals surface area contributed by atoms with Gasteiger partial charge < -0.3 is 29.8 Å². The number of ether oxygens (including phenoxy) is 2. The molecule has 4 fully saturated rings. The highest BCUT2D eigenvalue weighted by atomic mass is 32.2. The smallest absolute Gasteiger partial charge is 0.297 e. The third-order valence-electron chi connectivity index (χ3n) is 15.7. The number of H-pyrrole nitrogens is 1. The molecule has 69 heavy (non-hydrogen) atoms. The number of halogens is 1. The minimum Gasteiger partial charge on any atom is -0.489 e. The number of nitrogens with zero attached hydrogens (tertiary/aromatic N) is 4. The first-order chi connectivity index (χ1) is 33.0. The van der Waals surface area contributed by atoms with E-state index in [1.54, 1.807) is 19.1 Å². The van der Waals surface area contributed by atoms with Crippen LogP contribution in [0.4, 0.5) is 21.5 Å². The predicted molar refractivity (Wildman–Crippen MR) is 262 cm³/mol. The standard InChI is InChI=1S/C52H60FN7O8S/c1-5-41-46(26-39-40(53)29-54-49(39)56-41)68-45-23-33(58-21-18-52(19-22-58)27-34(28-52)59-20-8-11-43(59)37-10-7-6-9-36(37)31(2)3)12-13-38(45)50(61)57-69(65,66)35-24-44(60(63)64)48-47(25-35)67-30-42(55-48)32-14-16-51(4,62)17-15-32/h5-7,9-10,12-13,23-26,29,31-32,34,42-43,55,62H,1,8,11,14-22,27-28,30H2,2-4H3,(H,54,56)(H,57,61)/t32-,42-,43+,51-/m1/s1. The first kappa shape index (κ1) is 46.7. The molecule has 15 nitrogen and oxygen atoms in total. The molecule has 1 amide bonds. The molecule has 2 aromatic heterocycles. The highest BCUT2D eigenvalue weighted by molar-refractivity contribution is 7.90. The zero-order chi connectivity index (χ0) is 48.4. The average molecular weight is 962 g/mol. The summed E-state index contributed by atoms with van der Waals surface area (Å²) in [4.78, 5) is 37.7. The summed E-state index contributed by atoms with van der Waals surface area (Å²) in [6, 6.07) is 18.1. The number of sulfonamides is 1. The van der Waals surface area contributed by atoms with E-state index in [0.29, 0.717) is 43.7 Å². The number of benzene rings is 3. The van der Waals surface area contributed by atoms with Crippen LogP contribution in [0.3, 0.4) is 0 Å². The van der Waals surface area contributed by atoms with Crippen LogP contribution < -0.4 is 24.4 Å². The van der Waals surface area contributed by atoms with Crippen LogP contribution in [0.1, 0.15) is 124 Å². The van der Waals surface area contributed by atoms with Gasteiger partial charge in [0.2, 0.25) is 0 Å². The van der Waals surface area contributed by atoms with Crippen molar-refractivity contribution in [3.63, 3.8) is 0 Å². The number of amides is 1. The Balaban J connectivity index is 0.884. The summed E-state index contributed by atoms with van der Waals surface area (Å²) < 4.78 is 57.5. The Kier molecular flexibility index (Phi) is 12.2. The number of piperidine rings is 1. The van der Waals surface area contributed by atoms with Crippen LogP contribution in [-0.4, -0.2) is 83.1 Å². The van der Waals surface area contributed by atoms with E-state index in [-0.39, 0.29) is 69.2 Å². The van der Waals surface area contributed by atoms with Crippen LogP contribution >= 0.6 is 0 Å². The molecule has 3 aliphatic heterocycles. The van der Waals surface area contributed by atoms with E-state index in [0.717, 1.165) is 57.1 Å². The van der Waals surface area contributed by atoms with E-state index in [1.807, 2.05) is 0 Å². The van der Waals surface area contributed by atoms with Gasteiger partial charge in [0, 0.05) is 55.3 Å². The van der Waals surface area contributed by atoms with Crippen LogP contribution in [0.5, 0.6) is 17.2 Å². The fourth-order valence-corrected chi connectivity index (χ4v) is 12.8. The second-order valence-electron chi connectivity index (χ2n) is 20.5. The molecular formula is C52H60FN7O8S. The van der Waals surface area contributed by atoms with Gasteiger partial charge in [-0.1, -0.05) is 44.7 Å². The van der Waals surface area contributed by atoms with E-state index in [1.165, 1.54) is 54.4 Å². The Morgan fingerprint density at radius 3 is 2.54 bits per heavy atom. The van der Waals surface area contributed by atoms with Crippen molar-refractivity contribution in [2.24, 2.45) is 11.3 Å². The monoisotopic (exact) mass is 961 g/mol. The molecular weight excluding hydrogens is 902 g/mol. The summed E-state index contributed by atoms with van der Waals surface area (Å²) in [5, 5.41) is 26.3. The van der Waals surface area contributed by atoms with Crippen LogP contribution in [-0.2, 0) is 10.0 Å². The lowest BCUT2D eigenvalue weighted by atomic mass is 9.59. The molecule has 2 atom stereocenters. The number of aromatic nitrogens is 2. The van der Waals surface area contributed by atoms with Crippen molar-refractivity contribution >= 4 is 50.1 Å². The number of nitro benzene ring substituents is 1. The number of aliphatic hydroxyl groups is 1. The molecule has 4 N–H and O–H groups in total. The lowest BCUT2D eigenvalue weighted by Gasteiger charge is -2.56. The van der Waals surface area contributed by atoms with Gasteiger partial charge in [-0.15, -0.1) is 0 Å². The molecule has 2 saturated heterocycles. The average Bonchev–Trinajstić information content (AvgIpc) is 3.96.